The van der Waals surface area contributed by atoms with Crippen LogP contribution in [0.2, 0.25) is 5.02 Å². The molecular weight excluding hydrogens is 398 g/mol. The first-order valence-corrected chi connectivity index (χ1v) is 10.8. The van der Waals surface area contributed by atoms with Crippen molar-refractivity contribution in [3.63, 3.8) is 0 Å². The summed E-state index contributed by atoms with van der Waals surface area (Å²) in [4.78, 5) is 1.35. The van der Waals surface area contributed by atoms with Gasteiger partial charge in [-0.1, -0.05) is 23.7 Å². The monoisotopic (exact) mass is 417 g/mol. The van der Waals surface area contributed by atoms with E-state index in [-0.39, 0.29) is 0 Å². The highest BCUT2D eigenvalue weighted by Crippen LogP contribution is 2.38. The molecule has 0 amide bonds. The molecule has 0 N–H and O–H groups in total. The van der Waals surface area contributed by atoms with Crippen LogP contribution in [0.1, 0.15) is 51.4 Å². The third-order valence-corrected chi connectivity index (χ3v) is 7.01. The summed E-state index contributed by atoms with van der Waals surface area (Å²) in [6.07, 6.45) is 6.31. The molecule has 0 fully saturated rings. The van der Waals surface area contributed by atoms with Crippen LogP contribution in [0.5, 0.6) is 0 Å². The molecule has 0 spiro atoms. The van der Waals surface area contributed by atoms with Gasteiger partial charge >= 0.3 is 0 Å². The van der Waals surface area contributed by atoms with Crippen molar-refractivity contribution < 1.29 is 0 Å². The second kappa shape index (κ2) is 7.91. The molecule has 144 valence electrons. The van der Waals surface area contributed by atoms with Crippen LogP contribution in [0.15, 0.2) is 30.3 Å². The Morgan fingerprint density at radius 3 is 2.69 bits per heavy atom. The standard InChI is InChI=1S/C24H20ClN3S/c1-15-10-18(11-19(13-26)17-6-5-7-20(25)12-17)16(2)28(15)24-22(14-27)21-8-3-4-9-23(21)29-24/h5-7,10-12H,3-4,8-9H2,1-2H3/b19-11-. The lowest BCUT2D eigenvalue weighted by Crippen LogP contribution is -2.02. The van der Waals surface area contributed by atoms with Crippen LogP contribution in [0.4, 0.5) is 0 Å². The Kier molecular flexibility index (Phi) is 5.33. The lowest BCUT2D eigenvalue weighted by atomic mass is 9.96. The maximum atomic E-state index is 9.85. The highest BCUT2D eigenvalue weighted by molar-refractivity contribution is 7.15. The number of aromatic nitrogens is 1. The van der Waals surface area contributed by atoms with Crippen LogP contribution in [-0.2, 0) is 12.8 Å². The summed E-state index contributed by atoms with van der Waals surface area (Å²) in [5, 5.41) is 21.2. The van der Waals surface area contributed by atoms with Crippen molar-refractivity contribution in [1.82, 2.24) is 4.57 Å². The van der Waals surface area contributed by atoms with E-state index >= 15 is 0 Å². The number of benzene rings is 1. The minimum atomic E-state index is 0.568. The molecule has 0 saturated carbocycles. The molecule has 2 aromatic heterocycles. The Morgan fingerprint density at radius 1 is 1.17 bits per heavy atom. The summed E-state index contributed by atoms with van der Waals surface area (Å²) in [5.41, 5.74) is 6.50. The highest BCUT2D eigenvalue weighted by atomic mass is 35.5. The zero-order valence-electron chi connectivity index (χ0n) is 16.4. The van der Waals surface area contributed by atoms with Crippen molar-refractivity contribution in [1.29, 1.82) is 10.5 Å². The van der Waals surface area contributed by atoms with Gasteiger partial charge in [0.1, 0.15) is 11.1 Å². The van der Waals surface area contributed by atoms with Gasteiger partial charge in [-0.05, 0) is 80.5 Å². The minimum absolute atomic E-state index is 0.568. The van der Waals surface area contributed by atoms with Gasteiger partial charge in [0.05, 0.1) is 17.2 Å². The molecule has 29 heavy (non-hydrogen) atoms. The topological polar surface area (TPSA) is 52.5 Å². The van der Waals surface area contributed by atoms with Gasteiger partial charge in [-0.2, -0.15) is 10.5 Å². The van der Waals surface area contributed by atoms with Crippen molar-refractivity contribution in [2.75, 3.05) is 0 Å². The van der Waals surface area contributed by atoms with Crippen LogP contribution < -0.4 is 0 Å². The van der Waals surface area contributed by atoms with Gasteiger partial charge in [-0.3, -0.25) is 0 Å². The molecule has 2 heterocycles. The fourth-order valence-corrected chi connectivity index (χ4v) is 5.70. The number of nitrogens with zero attached hydrogens (tertiary/aromatic N) is 3. The summed E-state index contributed by atoms with van der Waals surface area (Å²) in [6, 6.07) is 14.2. The molecule has 0 bridgehead atoms. The van der Waals surface area contributed by atoms with Crippen molar-refractivity contribution in [2.45, 2.75) is 39.5 Å². The number of thiophene rings is 1. The largest absolute Gasteiger partial charge is 0.308 e. The first-order valence-electron chi connectivity index (χ1n) is 9.65. The summed E-state index contributed by atoms with van der Waals surface area (Å²) < 4.78 is 2.17. The molecule has 1 aromatic carbocycles. The molecule has 3 nitrogen and oxygen atoms in total. The van der Waals surface area contributed by atoms with E-state index in [0.717, 1.165) is 52.3 Å². The zero-order chi connectivity index (χ0) is 20.5. The SMILES string of the molecule is Cc1cc(/C=C(/C#N)c2cccc(Cl)c2)c(C)n1-c1sc2c(c1C#N)CCCC2. The molecular formula is C24H20ClN3S. The molecule has 0 aliphatic heterocycles. The Morgan fingerprint density at radius 2 is 1.97 bits per heavy atom. The molecule has 0 saturated heterocycles. The number of nitriles is 2. The Balaban J connectivity index is 1.84. The summed E-state index contributed by atoms with van der Waals surface area (Å²) >= 11 is 7.84. The Labute approximate surface area is 180 Å². The van der Waals surface area contributed by atoms with Crippen LogP contribution >= 0.6 is 22.9 Å². The average molecular weight is 418 g/mol. The van der Waals surface area contributed by atoms with Crippen molar-refractivity contribution >= 4 is 34.6 Å². The number of allylic oxidation sites excluding steroid dienone is 1. The van der Waals surface area contributed by atoms with Gasteiger partial charge in [0.2, 0.25) is 0 Å². The number of halogens is 1. The third kappa shape index (κ3) is 3.51. The minimum Gasteiger partial charge on any atom is -0.308 e. The normalized spacial score (nSPS) is 13.6. The molecule has 5 heteroatoms. The average Bonchev–Trinajstić information content (AvgIpc) is 3.21. The van der Waals surface area contributed by atoms with Gasteiger partial charge in [0.15, 0.2) is 0 Å². The second-order valence-electron chi connectivity index (χ2n) is 7.34. The van der Waals surface area contributed by atoms with Crippen LogP contribution in [0.25, 0.3) is 16.7 Å². The third-order valence-electron chi connectivity index (χ3n) is 5.49. The Bertz CT molecular complexity index is 1210. The van der Waals surface area contributed by atoms with Gasteiger partial charge in [0, 0.05) is 21.3 Å². The number of hydrogen-bond donors (Lipinski definition) is 0. The fourth-order valence-electron chi connectivity index (χ4n) is 4.06. The number of hydrogen-bond acceptors (Lipinski definition) is 3. The first-order chi connectivity index (χ1) is 14.0. The lowest BCUT2D eigenvalue weighted by Gasteiger charge is -2.10. The van der Waals surface area contributed by atoms with E-state index in [4.69, 9.17) is 11.6 Å². The molecule has 0 unspecified atom stereocenters. The van der Waals surface area contributed by atoms with Gasteiger partial charge in [0.25, 0.3) is 0 Å². The molecule has 0 radical (unpaired) electrons. The Hall–Kier alpha value is -2.79. The van der Waals surface area contributed by atoms with E-state index < -0.39 is 0 Å². The van der Waals surface area contributed by atoms with E-state index in [2.05, 4.69) is 29.7 Å². The highest BCUT2D eigenvalue weighted by Gasteiger charge is 2.23. The lowest BCUT2D eigenvalue weighted by molar-refractivity contribution is 0.695. The van der Waals surface area contributed by atoms with Crippen LogP contribution in [0.3, 0.4) is 0 Å². The van der Waals surface area contributed by atoms with Gasteiger partial charge in [-0.15, -0.1) is 11.3 Å². The maximum Gasteiger partial charge on any atom is 0.118 e. The molecule has 4 rings (SSSR count). The number of fused-ring (bicyclic) bond motifs is 1. The van der Waals surface area contributed by atoms with Crippen LogP contribution in [-0.4, -0.2) is 4.57 Å². The number of rotatable bonds is 3. The molecule has 0 atom stereocenters. The zero-order valence-corrected chi connectivity index (χ0v) is 18.0. The summed E-state index contributed by atoms with van der Waals surface area (Å²) in [7, 11) is 0. The van der Waals surface area contributed by atoms with E-state index in [1.807, 2.05) is 25.1 Å². The predicted octanol–water partition coefficient (Wildman–Crippen LogP) is 6.62. The molecule has 1 aliphatic carbocycles. The maximum absolute atomic E-state index is 9.85. The van der Waals surface area contributed by atoms with Crippen molar-refractivity contribution in [2.24, 2.45) is 0 Å². The molecule has 1 aliphatic rings. The van der Waals surface area contributed by atoms with Crippen molar-refractivity contribution in [3.05, 3.63) is 73.9 Å². The fraction of sp³-hybridized carbons (Fsp3) is 0.250. The van der Waals surface area contributed by atoms with Gasteiger partial charge < -0.3 is 4.57 Å². The summed E-state index contributed by atoms with van der Waals surface area (Å²) in [5.74, 6) is 0. The van der Waals surface area contributed by atoms with E-state index in [0.29, 0.717) is 10.6 Å². The summed E-state index contributed by atoms with van der Waals surface area (Å²) in [6.45, 7) is 4.10. The van der Waals surface area contributed by atoms with E-state index in [9.17, 15) is 10.5 Å². The quantitative estimate of drug-likeness (QED) is 0.449. The van der Waals surface area contributed by atoms with E-state index in [1.165, 1.54) is 16.9 Å². The smallest absolute Gasteiger partial charge is 0.118 e. The van der Waals surface area contributed by atoms with Crippen LogP contribution in [0, 0.1) is 36.5 Å². The predicted molar refractivity (Wildman–Crippen MR) is 119 cm³/mol. The molecule has 3 aromatic rings. The van der Waals surface area contributed by atoms with E-state index in [1.54, 1.807) is 23.5 Å². The van der Waals surface area contributed by atoms with Crippen molar-refractivity contribution in [3.8, 4) is 17.1 Å². The number of aryl methyl sites for hydroxylation is 2. The first kappa shape index (κ1) is 19.5. The van der Waals surface area contributed by atoms with Gasteiger partial charge in [-0.25, -0.2) is 0 Å². The second-order valence-corrected chi connectivity index (χ2v) is 8.86.